The Labute approximate surface area is 177 Å². The molecule has 0 aromatic carbocycles. The van der Waals surface area contributed by atoms with Crippen molar-refractivity contribution in [1.82, 2.24) is 0 Å². The molecule has 2 aliphatic carbocycles. The first-order valence-electron chi connectivity index (χ1n) is 13.4. The normalized spacial score (nSPS) is 31.2. The van der Waals surface area contributed by atoms with Crippen LogP contribution in [0.15, 0.2) is 0 Å². The Morgan fingerprint density at radius 1 is 0.643 bits per heavy atom. The second-order valence-electron chi connectivity index (χ2n) is 10.2. The van der Waals surface area contributed by atoms with E-state index in [1.807, 2.05) is 0 Å². The van der Waals surface area contributed by atoms with E-state index in [1.54, 1.807) is 0 Å². The van der Waals surface area contributed by atoms with Crippen LogP contribution in [-0.4, -0.2) is 12.2 Å². The van der Waals surface area contributed by atoms with Crippen molar-refractivity contribution in [3.63, 3.8) is 0 Å². The Bertz CT molecular complexity index is 360. The summed E-state index contributed by atoms with van der Waals surface area (Å²) in [7, 11) is 0. The van der Waals surface area contributed by atoms with Gasteiger partial charge < -0.3 is 4.74 Å². The molecule has 0 N–H and O–H groups in total. The third kappa shape index (κ3) is 8.37. The van der Waals surface area contributed by atoms with E-state index in [1.165, 1.54) is 122 Å². The number of hydrogen-bond donors (Lipinski definition) is 0. The van der Waals surface area contributed by atoms with Gasteiger partial charge in [0.15, 0.2) is 0 Å². The molecule has 0 atom stereocenters. The van der Waals surface area contributed by atoms with E-state index in [2.05, 4.69) is 20.8 Å². The summed E-state index contributed by atoms with van der Waals surface area (Å²) in [5, 5.41) is 0. The highest BCUT2D eigenvalue weighted by atomic mass is 16.5. The molecule has 166 valence electrons. The highest BCUT2D eigenvalue weighted by molar-refractivity contribution is 4.90. The van der Waals surface area contributed by atoms with Crippen molar-refractivity contribution < 1.29 is 4.74 Å². The Hall–Kier alpha value is -0.0400. The number of unbranched alkanes of at least 4 members (excludes halogenated alkanes) is 7. The quantitative estimate of drug-likeness (QED) is 0.268. The molecule has 0 aliphatic heterocycles. The van der Waals surface area contributed by atoms with Crippen LogP contribution in [0.25, 0.3) is 0 Å². The fourth-order valence-electron chi connectivity index (χ4n) is 6.27. The third-order valence-corrected chi connectivity index (χ3v) is 8.15. The lowest BCUT2D eigenvalue weighted by Gasteiger charge is -2.44. The largest absolute Gasteiger partial charge is 0.375 e. The van der Waals surface area contributed by atoms with Crippen LogP contribution in [0, 0.1) is 17.8 Å². The standard InChI is InChI=1S/C27H52O/c1-4-7-9-11-12-14-24-15-17-25(18-16-24)26-19-22-27(23-20-26,28-6-3)21-13-10-8-5-2/h24-26H,4-23H2,1-3H3/t24?,25?,26-,27+. The lowest BCUT2D eigenvalue weighted by molar-refractivity contribution is -0.0855. The first-order chi connectivity index (χ1) is 13.7. The molecule has 2 fully saturated rings. The molecule has 2 rings (SSSR count). The smallest absolute Gasteiger partial charge is 0.0682 e. The van der Waals surface area contributed by atoms with Gasteiger partial charge in [-0.2, -0.15) is 0 Å². The second-order valence-corrected chi connectivity index (χ2v) is 10.2. The molecule has 1 nitrogen and oxygen atoms in total. The van der Waals surface area contributed by atoms with Crippen LogP contribution in [0.3, 0.4) is 0 Å². The lowest BCUT2D eigenvalue weighted by atomic mass is 9.67. The second kappa shape index (κ2) is 14.1. The van der Waals surface area contributed by atoms with E-state index in [9.17, 15) is 0 Å². The summed E-state index contributed by atoms with van der Waals surface area (Å²) in [6.07, 6.45) is 27.3. The zero-order valence-electron chi connectivity index (χ0n) is 19.8. The van der Waals surface area contributed by atoms with Crippen molar-refractivity contribution in [2.45, 2.75) is 148 Å². The van der Waals surface area contributed by atoms with Crippen molar-refractivity contribution in [3.05, 3.63) is 0 Å². The lowest BCUT2D eigenvalue weighted by Crippen LogP contribution is -2.39. The summed E-state index contributed by atoms with van der Waals surface area (Å²) < 4.78 is 6.38. The van der Waals surface area contributed by atoms with E-state index < -0.39 is 0 Å². The van der Waals surface area contributed by atoms with Gasteiger partial charge in [0, 0.05) is 6.61 Å². The van der Waals surface area contributed by atoms with Gasteiger partial charge in [0.05, 0.1) is 5.60 Å². The van der Waals surface area contributed by atoms with Gasteiger partial charge >= 0.3 is 0 Å². The van der Waals surface area contributed by atoms with Crippen LogP contribution in [-0.2, 0) is 4.74 Å². The molecule has 0 aromatic heterocycles. The Morgan fingerprint density at radius 2 is 1.21 bits per heavy atom. The summed E-state index contributed by atoms with van der Waals surface area (Å²) in [6.45, 7) is 7.73. The predicted octanol–water partition coefficient (Wildman–Crippen LogP) is 9.09. The maximum absolute atomic E-state index is 6.38. The first-order valence-corrected chi connectivity index (χ1v) is 13.4. The molecule has 0 radical (unpaired) electrons. The molecule has 0 unspecified atom stereocenters. The molecule has 28 heavy (non-hydrogen) atoms. The molecule has 0 saturated heterocycles. The molecular formula is C27H52O. The highest BCUT2D eigenvalue weighted by Crippen LogP contribution is 2.45. The van der Waals surface area contributed by atoms with Gasteiger partial charge in [-0.1, -0.05) is 90.9 Å². The van der Waals surface area contributed by atoms with Gasteiger partial charge in [-0.25, -0.2) is 0 Å². The number of ether oxygens (including phenoxy) is 1. The van der Waals surface area contributed by atoms with Crippen LogP contribution in [0.5, 0.6) is 0 Å². The monoisotopic (exact) mass is 392 g/mol. The average molecular weight is 393 g/mol. The maximum atomic E-state index is 6.38. The van der Waals surface area contributed by atoms with Crippen molar-refractivity contribution in [2.24, 2.45) is 17.8 Å². The summed E-state index contributed by atoms with van der Waals surface area (Å²) in [6, 6.07) is 0. The fourth-order valence-corrected chi connectivity index (χ4v) is 6.27. The maximum Gasteiger partial charge on any atom is 0.0682 e. The van der Waals surface area contributed by atoms with Crippen molar-refractivity contribution in [2.75, 3.05) is 6.61 Å². The summed E-state index contributed by atoms with van der Waals surface area (Å²) >= 11 is 0. The van der Waals surface area contributed by atoms with Crippen molar-refractivity contribution >= 4 is 0 Å². The highest BCUT2D eigenvalue weighted by Gasteiger charge is 2.38. The van der Waals surface area contributed by atoms with Crippen molar-refractivity contribution in [3.8, 4) is 0 Å². The minimum atomic E-state index is 0.245. The molecule has 0 bridgehead atoms. The van der Waals surface area contributed by atoms with Gasteiger partial charge in [0.25, 0.3) is 0 Å². The first kappa shape index (κ1) is 24.2. The molecule has 1 heteroatoms. The van der Waals surface area contributed by atoms with Crippen LogP contribution in [0.1, 0.15) is 143 Å². The topological polar surface area (TPSA) is 9.23 Å². The zero-order valence-corrected chi connectivity index (χ0v) is 19.8. The summed E-state index contributed by atoms with van der Waals surface area (Å²) in [5.41, 5.74) is 0.245. The third-order valence-electron chi connectivity index (χ3n) is 8.15. The predicted molar refractivity (Wildman–Crippen MR) is 124 cm³/mol. The van der Waals surface area contributed by atoms with Crippen LogP contribution < -0.4 is 0 Å². The average Bonchev–Trinajstić information content (AvgIpc) is 2.73. The zero-order chi connectivity index (χ0) is 20.1. The fraction of sp³-hybridized carbons (Fsp3) is 1.00. The number of hydrogen-bond acceptors (Lipinski definition) is 1. The molecule has 0 spiro atoms. The Balaban J connectivity index is 1.65. The van der Waals surface area contributed by atoms with E-state index >= 15 is 0 Å². The summed E-state index contributed by atoms with van der Waals surface area (Å²) in [5.74, 6) is 3.10. The van der Waals surface area contributed by atoms with Gasteiger partial charge in [0.2, 0.25) is 0 Å². The van der Waals surface area contributed by atoms with Crippen LogP contribution >= 0.6 is 0 Å². The minimum Gasteiger partial charge on any atom is -0.375 e. The number of rotatable bonds is 14. The van der Waals surface area contributed by atoms with Crippen molar-refractivity contribution in [1.29, 1.82) is 0 Å². The van der Waals surface area contributed by atoms with Gasteiger partial charge in [-0.15, -0.1) is 0 Å². The van der Waals surface area contributed by atoms with E-state index in [0.29, 0.717) is 0 Å². The van der Waals surface area contributed by atoms with E-state index in [-0.39, 0.29) is 5.60 Å². The summed E-state index contributed by atoms with van der Waals surface area (Å²) in [4.78, 5) is 0. The molecule has 2 aliphatic rings. The van der Waals surface area contributed by atoms with E-state index in [4.69, 9.17) is 4.74 Å². The Morgan fingerprint density at radius 3 is 1.82 bits per heavy atom. The molecule has 0 aromatic rings. The van der Waals surface area contributed by atoms with Gasteiger partial charge in [-0.3, -0.25) is 0 Å². The SMILES string of the molecule is CCCCCCCC1CCC([C@H]2CC[C@@](CCCCCC)(OCC)CC2)CC1. The van der Waals surface area contributed by atoms with Crippen LogP contribution in [0.2, 0.25) is 0 Å². The minimum absolute atomic E-state index is 0.245. The van der Waals surface area contributed by atoms with E-state index in [0.717, 1.165) is 24.4 Å². The molecule has 0 amide bonds. The molecule has 0 heterocycles. The molecular weight excluding hydrogens is 340 g/mol. The van der Waals surface area contributed by atoms with Crippen LogP contribution in [0.4, 0.5) is 0 Å². The Kier molecular flexibility index (Phi) is 12.2. The van der Waals surface area contributed by atoms with Gasteiger partial charge in [0.1, 0.15) is 0 Å². The van der Waals surface area contributed by atoms with Gasteiger partial charge in [-0.05, 0) is 69.6 Å². The molecule has 2 saturated carbocycles.